The second-order valence-corrected chi connectivity index (χ2v) is 14.5. The first kappa shape index (κ1) is 35.5. The van der Waals surface area contributed by atoms with Crippen LogP contribution in [0.1, 0.15) is 181 Å². The van der Waals surface area contributed by atoms with Crippen molar-refractivity contribution in [3.63, 3.8) is 0 Å². The van der Waals surface area contributed by atoms with Crippen LogP contribution >= 0.6 is 45.2 Å². The minimum Gasteiger partial charge on any atom is -0.0864 e. The lowest BCUT2D eigenvalue weighted by Gasteiger charge is -2.44. The lowest BCUT2D eigenvalue weighted by atomic mass is 9.61. The molecule has 4 unspecified atom stereocenters. The van der Waals surface area contributed by atoms with Crippen LogP contribution < -0.4 is 0 Å². The third kappa shape index (κ3) is 17.9. The maximum absolute atomic E-state index is 2.54. The zero-order chi connectivity index (χ0) is 26.1. The minimum atomic E-state index is 1.06. The molecule has 0 aromatic rings. The van der Waals surface area contributed by atoms with E-state index in [9.17, 15) is 0 Å². The van der Waals surface area contributed by atoms with Crippen molar-refractivity contribution in [3.8, 4) is 0 Å². The van der Waals surface area contributed by atoms with Gasteiger partial charge in [0, 0.05) is 0 Å². The fourth-order valence-electron chi connectivity index (χ4n) is 7.20. The molecule has 2 heteroatoms. The molecule has 4 atom stereocenters. The summed E-state index contributed by atoms with van der Waals surface area (Å²) in [7, 11) is 0. The van der Waals surface area contributed by atoms with Crippen molar-refractivity contribution in [1.29, 1.82) is 0 Å². The van der Waals surface area contributed by atoms with Crippen LogP contribution in [0.4, 0.5) is 0 Å². The Morgan fingerprint density at radius 3 is 1.11 bits per heavy atom. The average molecular weight is 729 g/mol. The van der Waals surface area contributed by atoms with Crippen molar-refractivity contribution in [2.75, 3.05) is 8.86 Å². The van der Waals surface area contributed by atoms with E-state index in [0.717, 1.165) is 23.7 Å². The second kappa shape index (κ2) is 26.7. The molecule has 0 amide bonds. The SMILES string of the molecule is CCCCCCCC1C(CCCCC)CCC(CCCCCCCCI)C1CCCCCCCCI. The summed E-state index contributed by atoms with van der Waals surface area (Å²) in [4.78, 5) is 0. The van der Waals surface area contributed by atoms with Crippen molar-refractivity contribution in [3.05, 3.63) is 0 Å². The summed E-state index contributed by atoms with van der Waals surface area (Å²) in [5.41, 5.74) is 0. The molecule has 0 N–H and O–H groups in total. The van der Waals surface area contributed by atoms with Crippen molar-refractivity contribution in [2.24, 2.45) is 23.7 Å². The van der Waals surface area contributed by atoms with Crippen molar-refractivity contribution in [2.45, 2.75) is 181 Å². The lowest BCUT2D eigenvalue weighted by Crippen LogP contribution is -2.35. The molecule has 216 valence electrons. The van der Waals surface area contributed by atoms with Crippen molar-refractivity contribution >= 4 is 45.2 Å². The monoisotopic (exact) mass is 728 g/mol. The summed E-state index contributed by atoms with van der Waals surface area (Å²) in [6, 6.07) is 0. The fraction of sp³-hybridized carbons (Fsp3) is 1.00. The third-order valence-corrected chi connectivity index (χ3v) is 10.9. The standard InChI is InChI=1S/C34H66I2/c1-3-5-7-12-19-25-33-31(23-17-6-4-2)27-28-32(24-18-13-8-10-15-21-29-35)34(33)26-20-14-9-11-16-22-30-36/h31-34H,3-30H2,1-2H3. The zero-order valence-electron chi connectivity index (χ0n) is 24.9. The predicted molar refractivity (Wildman–Crippen MR) is 183 cm³/mol. The van der Waals surface area contributed by atoms with E-state index in [2.05, 4.69) is 59.0 Å². The quantitative estimate of drug-likeness (QED) is 0.0473. The Hall–Kier alpha value is 1.46. The molecular formula is C34H66I2. The largest absolute Gasteiger partial charge is 0.0864 e. The van der Waals surface area contributed by atoms with Gasteiger partial charge in [0.15, 0.2) is 0 Å². The van der Waals surface area contributed by atoms with Crippen LogP contribution in [0.5, 0.6) is 0 Å². The van der Waals surface area contributed by atoms with Gasteiger partial charge in [-0.1, -0.05) is 187 Å². The highest BCUT2D eigenvalue weighted by atomic mass is 127. The summed E-state index contributed by atoms with van der Waals surface area (Å²) in [6.07, 6.45) is 38.8. The number of hydrogen-bond donors (Lipinski definition) is 0. The predicted octanol–water partition coefficient (Wildman–Crippen LogP) is 13.5. The van der Waals surface area contributed by atoms with Gasteiger partial charge in [-0.15, -0.1) is 0 Å². The normalized spacial score (nSPS) is 22.3. The van der Waals surface area contributed by atoms with Crippen LogP contribution in [-0.4, -0.2) is 8.86 Å². The van der Waals surface area contributed by atoms with Crippen LogP contribution in [0, 0.1) is 23.7 Å². The molecule has 1 aliphatic carbocycles. The molecule has 0 radical (unpaired) electrons. The third-order valence-electron chi connectivity index (χ3n) is 9.37. The first-order valence-corrected chi connectivity index (χ1v) is 19.9. The van der Waals surface area contributed by atoms with E-state index in [4.69, 9.17) is 0 Å². The molecule has 1 saturated carbocycles. The van der Waals surface area contributed by atoms with Gasteiger partial charge in [-0.2, -0.15) is 0 Å². The van der Waals surface area contributed by atoms with E-state index < -0.39 is 0 Å². The molecule has 1 rings (SSSR count). The van der Waals surface area contributed by atoms with Gasteiger partial charge in [-0.25, -0.2) is 0 Å². The lowest BCUT2D eigenvalue weighted by molar-refractivity contribution is 0.0582. The van der Waals surface area contributed by atoms with E-state index in [1.165, 1.54) is 137 Å². The Morgan fingerprint density at radius 1 is 0.389 bits per heavy atom. The van der Waals surface area contributed by atoms with Gasteiger partial charge in [-0.05, 0) is 71.1 Å². The van der Waals surface area contributed by atoms with Crippen LogP contribution in [0.25, 0.3) is 0 Å². The fourth-order valence-corrected chi connectivity index (χ4v) is 8.28. The Morgan fingerprint density at radius 2 is 0.694 bits per heavy atom. The van der Waals surface area contributed by atoms with Gasteiger partial charge < -0.3 is 0 Å². The van der Waals surface area contributed by atoms with Crippen molar-refractivity contribution in [1.82, 2.24) is 0 Å². The molecule has 1 fully saturated rings. The number of rotatable bonds is 26. The van der Waals surface area contributed by atoms with E-state index >= 15 is 0 Å². The van der Waals surface area contributed by atoms with E-state index in [1.807, 2.05) is 0 Å². The van der Waals surface area contributed by atoms with Crippen LogP contribution in [0.15, 0.2) is 0 Å². The second-order valence-electron chi connectivity index (χ2n) is 12.3. The summed E-state index contributed by atoms with van der Waals surface area (Å²) in [6.45, 7) is 4.74. The van der Waals surface area contributed by atoms with Crippen LogP contribution in [-0.2, 0) is 0 Å². The minimum absolute atomic E-state index is 1.06. The van der Waals surface area contributed by atoms with Crippen LogP contribution in [0.3, 0.4) is 0 Å². The first-order valence-electron chi connectivity index (χ1n) is 16.9. The molecule has 0 aromatic heterocycles. The maximum atomic E-state index is 2.54. The van der Waals surface area contributed by atoms with Gasteiger partial charge >= 0.3 is 0 Å². The maximum Gasteiger partial charge on any atom is -0.000473 e. The number of unbranched alkanes of at least 4 members (excludes halogenated alkanes) is 16. The molecule has 0 aliphatic heterocycles. The summed E-state index contributed by atoms with van der Waals surface area (Å²) < 4.78 is 2.69. The van der Waals surface area contributed by atoms with Crippen molar-refractivity contribution < 1.29 is 0 Å². The highest BCUT2D eigenvalue weighted by molar-refractivity contribution is 14.1. The molecule has 0 bridgehead atoms. The highest BCUT2D eigenvalue weighted by Crippen LogP contribution is 2.47. The Balaban J connectivity index is 2.67. The zero-order valence-corrected chi connectivity index (χ0v) is 29.2. The van der Waals surface area contributed by atoms with Gasteiger partial charge in [0.25, 0.3) is 0 Å². The Labute approximate surface area is 256 Å². The molecule has 0 heterocycles. The molecule has 0 spiro atoms. The van der Waals surface area contributed by atoms with Gasteiger partial charge in [-0.3, -0.25) is 0 Å². The van der Waals surface area contributed by atoms with E-state index in [-0.39, 0.29) is 0 Å². The summed E-state index contributed by atoms with van der Waals surface area (Å²) >= 11 is 5.08. The Bertz CT molecular complexity index is 437. The number of alkyl halides is 2. The van der Waals surface area contributed by atoms with Gasteiger partial charge in [0.1, 0.15) is 0 Å². The van der Waals surface area contributed by atoms with E-state index in [1.54, 1.807) is 38.5 Å². The molecule has 36 heavy (non-hydrogen) atoms. The molecular weight excluding hydrogens is 662 g/mol. The average Bonchev–Trinajstić information content (AvgIpc) is 2.89. The molecule has 0 saturated heterocycles. The van der Waals surface area contributed by atoms with Crippen LogP contribution in [0.2, 0.25) is 0 Å². The molecule has 1 aliphatic rings. The topological polar surface area (TPSA) is 0 Å². The first-order chi connectivity index (χ1) is 17.8. The molecule has 0 nitrogen and oxygen atoms in total. The van der Waals surface area contributed by atoms with Gasteiger partial charge in [0.2, 0.25) is 0 Å². The smallest absolute Gasteiger partial charge is 0.000473 e. The van der Waals surface area contributed by atoms with E-state index in [0.29, 0.717) is 0 Å². The Kier molecular flexibility index (Phi) is 26.3. The number of hydrogen-bond acceptors (Lipinski definition) is 0. The highest BCUT2D eigenvalue weighted by Gasteiger charge is 2.37. The van der Waals surface area contributed by atoms with Gasteiger partial charge in [0.05, 0.1) is 0 Å². The molecule has 0 aromatic carbocycles. The number of halogens is 2. The summed E-state index contributed by atoms with van der Waals surface area (Å²) in [5.74, 6) is 4.23. The summed E-state index contributed by atoms with van der Waals surface area (Å²) in [5, 5.41) is 0.